The molecule has 1 aliphatic heterocycles. The molecular formula is C23H29NO5. The molecule has 1 aliphatic rings. The third-order valence-corrected chi connectivity index (χ3v) is 5.55. The third-order valence-electron chi connectivity index (χ3n) is 5.55. The fraction of sp³-hybridized carbons (Fsp3) is 0.435. The molecular weight excluding hydrogens is 370 g/mol. The van der Waals surface area contributed by atoms with Crippen molar-refractivity contribution in [3.8, 4) is 17.2 Å². The van der Waals surface area contributed by atoms with Gasteiger partial charge in [0.25, 0.3) is 0 Å². The summed E-state index contributed by atoms with van der Waals surface area (Å²) in [7, 11) is 4.80. The van der Waals surface area contributed by atoms with E-state index in [-0.39, 0.29) is 12.0 Å². The number of carboxylic acid groups (broad SMARTS) is 1. The van der Waals surface area contributed by atoms with Crippen molar-refractivity contribution in [1.29, 1.82) is 0 Å². The number of piperidine rings is 1. The molecule has 0 saturated carbocycles. The van der Waals surface area contributed by atoms with Gasteiger partial charge in [0.15, 0.2) is 11.5 Å². The lowest BCUT2D eigenvalue weighted by Gasteiger charge is -2.38. The Balaban J connectivity index is 2.15. The molecule has 0 aromatic heterocycles. The van der Waals surface area contributed by atoms with Crippen LogP contribution in [-0.4, -0.2) is 50.4 Å². The van der Waals surface area contributed by atoms with E-state index >= 15 is 0 Å². The summed E-state index contributed by atoms with van der Waals surface area (Å²) < 4.78 is 16.8. The number of hydrogen-bond donors (Lipinski definition) is 1. The second-order valence-electron chi connectivity index (χ2n) is 7.41. The lowest BCUT2D eigenvalue weighted by Crippen LogP contribution is -2.41. The normalized spacial score (nSPS) is 18.1. The Hall–Kier alpha value is -2.73. The number of methoxy groups -OCH3 is 3. The zero-order chi connectivity index (χ0) is 21.0. The van der Waals surface area contributed by atoms with Gasteiger partial charge in [-0.15, -0.1) is 0 Å². The largest absolute Gasteiger partial charge is 0.493 e. The Morgan fingerprint density at radius 2 is 1.86 bits per heavy atom. The number of ether oxygens (including phenoxy) is 3. The minimum absolute atomic E-state index is 0.146. The van der Waals surface area contributed by atoms with E-state index in [1.165, 1.54) is 0 Å². The van der Waals surface area contributed by atoms with Crippen LogP contribution in [0.5, 0.6) is 17.2 Å². The molecule has 1 heterocycles. The lowest BCUT2D eigenvalue weighted by molar-refractivity contribution is -0.143. The van der Waals surface area contributed by atoms with Crippen molar-refractivity contribution in [2.24, 2.45) is 5.92 Å². The second kappa shape index (κ2) is 9.18. The molecule has 1 N–H and O–H groups in total. The van der Waals surface area contributed by atoms with Gasteiger partial charge in [-0.3, -0.25) is 9.69 Å². The van der Waals surface area contributed by atoms with Crippen LogP contribution < -0.4 is 14.2 Å². The predicted molar refractivity (Wildman–Crippen MR) is 111 cm³/mol. The number of likely N-dealkylation sites (tertiary alicyclic amines) is 1. The van der Waals surface area contributed by atoms with Crippen LogP contribution in [0.4, 0.5) is 0 Å². The van der Waals surface area contributed by atoms with E-state index in [9.17, 15) is 9.90 Å². The van der Waals surface area contributed by atoms with E-state index in [4.69, 9.17) is 14.2 Å². The summed E-state index contributed by atoms with van der Waals surface area (Å²) in [6.45, 7) is 3.37. The van der Waals surface area contributed by atoms with Gasteiger partial charge in [-0.05, 0) is 44.0 Å². The smallest absolute Gasteiger partial charge is 0.307 e. The molecule has 6 heteroatoms. The monoisotopic (exact) mass is 399 g/mol. The Morgan fingerprint density at radius 3 is 2.48 bits per heavy atom. The Kier molecular flexibility index (Phi) is 6.64. The first-order valence-corrected chi connectivity index (χ1v) is 9.82. The summed E-state index contributed by atoms with van der Waals surface area (Å²) in [5.41, 5.74) is 3.18. The van der Waals surface area contributed by atoms with Gasteiger partial charge in [0, 0.05) is 12.1 Å². The predicted octanol–water partition coefficient (Wildman–Crippen LogP) is 3.91. The van der Waals surface area contributed by atoms with Gasteiger partial charge in [0.1, 0.15) is 0 Å². The van der Waals surface area contributed by atoms with Crippen LogP contribution in [0.25, 0.3) is 0 Å². The van der Waals surface area contributed by atoms with Crippen LogP contribution in [0.15, 0.2) is 36.4 Å². The Morgan fingerprint density at radius 1 is 1.10 bits per heavy atom. The molecule has 2 unspecified atom stereocenters. The Bertz CT molecular complexity index is 866. The molecule has 2 aromatic rings. The maximum absolute atomic E-state index is 11.7. The first-order valence-electron chi connectivity index (χ1n) is 9.82. The molecule has 156 valence electrons. The number of aliphatic carboxylic acids is 1. The summed E-state index contributed by atoms with van der Waals surface area (Å²) in [5.74, 6) is 0.630. The minimum Gasteiger partial charge on any atom is -0.493 e. The van der Waals surface area contributed by atoms with E-state index in [1.807, 2.05) is 18.2 Å². The molecule has 1 saturated heterocycles. The molecule has 0 spiro atoms. The first-order chi connectivity index (χ1) is 14.0. The van der Waals surface area contributed by atoms with Gasteiger partial charge in [0.05, 0.1) is 33.3 Å². The van der Waals surface area contributed by atoms with E-state index in [1.54, 1.807) is 21.3 Å². The molecule has 2 aromatic carbocycles. The highest BCUT2D eigenvalue weighted by Crippen LogP contribution is 2.46. The highest BCUT2D eigenvalue weighted by molar-refractivity contribution is 5.70. The van der Waals surface area contributed by atoms with Crippen molar-refractivity contribution in [2.45, 2.75) is 25.8 Å². The lowest BCUT2D eigenvalue weighted by atomic mass is 9.90. The molecule has 0 radical (unpaired) electrons. The first kappa shape index (κ1) is 21.0. The average molecular weight is 399 g/mol. The maximum atomic E-state index is 11.7. The molecule has 3 rings (SSSR count). The number of hydrogen-bond acceptors (Lipinski definition) is 5. The molecule has 0 bridgehead atoms. The topological polar surface area (TPSA) is 68.2 Å². The maximum Gasteiger partial charge on any atom is 0.307 e. The number of nitrogens with zero attached hydrogens (tertiary/aromatic N) is 1. The number of benzene rings is 2. The van der Waals surface area contributed by atoms with Crippen molar-refractivity contribution in [2.75, 3.05) is 34.4 Å². The van der Waals surface area contributed by atoms with Gasteiger partial charge >= 0.3 is 5.97 Å². The van der Waals surface area contributed by atoms with Crippen LogP contribution in [0.1, 0.15) is 35.6 Å². The highest BCUT2D eigenvalue weighted by atomic mass is 16.5. The van der Waals surface area contributed by atoms with Gasteiger partial charge in [-0.25, -0.2) is 0 Å². The summed E-state index contributed by atoms with van der Waals surface area (Å²) in [5, 5.41) is 9.59. The van der Waals surface area contributed by atoms with Crippen LogP contribution in [0.2, 0.25) is 0 Å². The standard InChI is InChI=1S/C23H29NO5/c1-15-7-5-8-16(13-15)20(24-12-6-9-17(14-24)23(25)26)18-10-11-19(27-2)22(29-4)21(18)28-3/h5,7-8,10-11,13,17,20H,6,9,12,14H2,1-4H3,(H,25,26). The SMILES string of the molecule is COc1ccc(C(c2cccc(C)c2)N2CCCC(C(=O)O)C2)c(OC)c1OC. The van der Waals surface area contributed by atoms with Gasteiger partial charge in [-0.2, -0.15) is 0 Å². The molecule has 29 heavy (non-hydrogen) atoms. The summed E-state index contributed by atoms with van der Waals surface area (Å²) in [6.07, 6.45) is 1.55. The number of carboxylic acids is 1. The summed E-state index contributed by atoms with van der Waals surface area (Å²) in [6, 6.07) is 12.0. The summed E-state index contributed by atoms with van der Waals surface area (Å²) >= 11 is 0. The zero-order valence-corrected chi connectivity index (χ0v) is 17.5. The summed E-state index contributed by atoms with van der Waals surface area (Å²) in [4.78, 5) is 13.9. The van der Waals surface area contributed by atoms with Crippen molar-refractivity contribution < 1.29 is 24.1 Å². The zero-order valence-electron chi connectivity index (χ0n) is 17.5. The fourth-order valence-corrected chi connectivity index (χ4v) is 4.21. The van der Waals surface area contributed by atoms with E-state index in [0.717, 1.165) is 29.7 Å². The third kappa shape index (κ3) is 4.32. The fourth-order valence-electron chi connectivity index (χ4n) is 4.21. The quantitative estimate of drug-likeness (QED) is 0.761. The molecule has 6 nitrogen and oxygen atoms in total. The highest BCUT2D eigenvalue weighted by Gasteiger charge is 2.34. The van der Waals surface area contributed by atoms with Crippen LogP contribution in [0.3, 0.4) is 0 Å². The van der Waals surface area contributed by atoms with Crippen molar-refractivity contribution in [1.82, 2.24) is 4.90 Å². The van der Waals surface area contributed by atoms with Gasteiger partial charge in [0.2, 0.25) is 5.75 Å². The molecule has 0 amide bonds. The van der Waals surface area contributed by atoms with Gasteiger partial charge < -0.3 is 19.3 Å². The van der Waals surface area contributed by atoms with Crippen molar-refractivity contribution in [3.05, 3.63) is 53.1 Å². The molecule has 0 aliphatic carbocycles. The van der Waals surface area contributed by atoms with Crippen LogP contribution >= 0.6 is 0 Å². The van der Waals surface area contributed by atoms with Crippen LogP contribution in [0, 0.1) is 12.8 Å². The van der Waals surface area contributed by atoms with Crippen LogP contribution in [-0.2, 0) is 4.79 Å². The van der Waals surface area contributed by atoms with E-state index < -0.39 is 5.97 Å². The minimum atomic E-state index is -0.739. The average Bonchev–Trinajstić information content (AvgIpc) is 2.73. The van der Waals surface area contributed by atoms with Gasteiger partial charge in [-0.1, -0.05) is 29.8 Å². The van der Waals surface area contributed by atoms with E-state index in [2.05, 4.69) is 30.0 Å². The Labute approximate surface area is 172 Å². The number of aryl methyl sites for hydroxylation is 1. The van der Waals surface area contributed by atoms with Crippen molar-refractivity contribution in [3.63, 3.8) is 0 Å². The molecule has 2 atom stereocenters. The number of rotatable bonds is 7. The van der Waals surface area contributed by atoms with Crippen molar-refractivity contribution >= 4 is 5.97 Å². The van der Waals surface area contributed by atoms with E-state index in [0.29, 0.717) is 30.2 Å². The second-order valence-corrected chi connectivity index (χ2v) is 7.41. The molecule has 1 fully saturated rings. The number of carbonyl (C=O) groups is 1.